The zero-order valence-corrected chi connectivity index (χ0v) is 11.8. The molecule has 2 aromatic rings. The third kappa shape index (κ3) is 2.85. The highest BCUT2D eigenvalue weighted by atomic mass is 15.3. The lowest BCUT2D eigenvalue weighted by Crippen LogP contribution is -2.32. The number of hydrogen-bond acceptors (Lipinski definition) is 4. The zero-order chi connectivity index (χ0) is 13.8. The van der Waals surface area contributed by atoms with Crippen LogP contribution in [0.25, 0.3) is 0 Å². The van der Waals surface area contributed by atoms with Crippen molar-refractivity contribution in [2.24, 2.45) is 12.9 Å². The lowest BCUT2D eigenvalue weighted by atomic mass is 10.1. The Balaban J connectivity index is 2.26. The Labute approximate surface area is 113 Å². The van der Waals surface area contributed by atoms with Crippen molar-refractivity contribution in [2.75, 3.05) is 0 Å². The van der Waals surface area contributed by atoms with E-state index in [1.165, 1.54) is 0 Å². The van der Waals surface area contributed by atoms with Gasteiger partial charge in [-0.2, -0.15) is 5.10 Å². The molecule has 0 saturated carbocycles. The molecule has 0 amide bonds. The second-order valence-electron chi connectivity index (χ2n) is 4.61. The number of nitrogens with zero attached hydrogens (tertiary/aromatic N) is 4. The van der Waals surface area contributed by atoms with Crippen LogP contribution in [0.3, 0.4) is 0 Å². The third-order valence-electron chi connectivity index (χ3n) is 3.39. The summed E-state index contributed by atoms with van der Waals surface area (Å²) in [6, 6.07) is 2.14. The molecule has 0 aliphatic heterocycles. The van der Waals surface area contributed by atoms with Crippen LogP contribution in [0.4, 0.5) is 0 Å². The van der Waals surface area contributed by atoms with Crippen LogP contribution in [0.2, 0.25) is 0 Å². The molecular formula is C13H22N6. The predicted molar refractivity (Wildman–Crippen MR) is 74.3 cm³/mol. The van der Waals surface area contributed by atoms with Crippen LogP contribution in [0.5, 0.6) is 0 Å². The van der Waals surface area contributed by atoms with E-state index in [4.69, 9.17) is 5.84 Å². The number of aryl methyl sites for hydroxylation is 3. The van der Waals surface area contributed by atoms with Gasteiger partial charge in [0, 0.05) is 32.4 Å². The van der Waals surface area contributed by atoms with Crippen LogP contribution in [0, 0.1) is 0 Å². The van der Waals surface area contributed by atoms with E-state index in [9.17, 15) is 0 Å². The topological polar surface area (TPSA) is 73.7 Å². The smallest absolute Gasteiger partial charge is 0.110 e. The quantitative estimate of drug-likeness (QED) is 0.600. The molecule has 0 aromatic carbocycles. The van der Waals surface area contributed by atoms with Crippen LogP contribution in [0.15, 0.2) is 18.5 Å². The van der Waals surface area contributed by atoms with Gasteiger partial charge in [0.05, 0.1) is 17.4 Å². The molecular weight excluding hydrogens is 240 g/mol. The first kappa shape index (κ1) is 13.8. The van der Waals surface area contributed by atoms with Crippen molar-refractivity contribution in [1.82, 2.24) is 24.8 Å². The molecule has 0 fully saturated rings. The van der Waals surface area contributed by atoms with E-state index in [2.05, 4.69) is 35.4 Å². The Hall–Kier alpha value is -1.66. The minimum atomic E-state index is 0.0221. The van der Waals surface area contributed by atoms with Crippen molar-refractivity contribution in [3.63, 3.8) is 0 Å². The van der Waals surface area contributed by atoms with Gasteiger partial charge in [0.2, 0.25) is 0 Å². The number of aromatic nitrogens is 4. The van der Waals surface area contributed by atoms with Crippen LogP contribution in [-0.4, -0.2) is 19.3 Å². The van der Waals surface area contributed by atoms with Gasteiger partial charge in [-0.25, -0.2) is 4.98 Å². The Kier molecular flexibility index (Phi) is 4.34. The second kappa shape index (κ2) is 5.99. The van der Waals surface area contributed by atoms with E-state index in [0.29, 0.717) is 0 Å². The van der Waals surface area contributed by atoms with E-state index in [1.807, 2.05) is 22.5 Å². The Bertz CT molecular complexity index is 527. The number of imidazole rings is 1. The number of nitrogens with one attached hydrogen (secondary N) is 1. The summed E-state index contributed by atoms with van der Waals surface area (Å²) in [7, 11) is 1.99. The van der Waals surface area contributed by atoms with Gasteiger partial charge < -0.3 is 4.57 Å². The summed E-state index contributed by atoms with van der Waals surface area (Å²) >= 11 is 0. The SMILES string of the molecule is CCc1cc(C(Cc2nccn2C)NN)n(CC)n1. The first-order valence-corrected chi connectivity index (χ1v) is 6.68. The van der Waals surface area contributed by atoms with Crippen LogP contribution >= 0.6 is 0 Å². The zero-order valence-electron chi connectivity index (χ0n) is 11.8. The fourth-order valence-electron chi connectivity index (χ4n) is 2.22. The maximum Gasteiger partial charge on any atom is 0.110 e. The fraction of sp³-hybridized carbons (Fsp3) is 0.538. The average molecular weight is 262 g/mol. The fourth-order valence-corrected chi connectivity index (χ4v) is 2.22. The number of hydrogen-bond donors (Lipinski definition) is 2. The molecule has 2 aromatic heterocycles. The molecule has 0 radical (unpaired) electrons. The monoisotopic (exact) mass is 262 g/mol. The minimum Gasteiger partial charge on any atom is -0.338 e. The molecule has 19 heavy (non-hydrogen) atoms. The van der Waals surface area contributed by atoms with Gasteiger partial charge in [0.15, 0.2) is 0 Å². The van der Waals surface area contributed by atoms with E-state index in [-0.39, 0.29) is 6.04 Å². The van der Waals surface area contributed by atoms with Gasteiger partial charge in [0.1, 0.15) is 5.82 Å². The molecule has 0 bridgehead atoms. The number of rotatable bonds is 6. The summed E-state index contributed by atoms with van der Waals surface area (Å²) in [4.78, 5) is 4.35. The maximum absolute atomic E-state index is 5.72. The summed E-state index contributed by atoms with van der Waals surface area (Å²) in [5, 5.41) is 4.56. The highest BCUT2D eigenvalue weighted by molar-refractivity contribution is 5.16. The van der Waals surface area contributed by atoms with Crippen molar-refractivity contribution in [2.45, 2.75) is 39.3 Å². The van der Waals surface area contributed by atoms with Gasteiger partial charge >= 0.3 is 0 Å². The molecule has 0 aliphatic carbocycles. The predicted octanol–water partition coefficient (Wildman–Crippen LogP) is 0.946. The van der Waals surface area contributed by atoms with E-state index < -0.39 is 0 Å². The van der Waals surface area contributed by atoms with Crippen molar-refractivity contribution >= 4 is 0 Å². The molecule has 6 heteroatoms. The van der Waals surface area contributed by atoms with Gasteiger partial charge in [-0.1, -0.05) is 6.92 Å². The Morgan fingerprint density at radius 3 is 2.74 bits per heavy atom. The Morgan fingerprint density at radius 1 is 1.42 bits per heavy atom. The first-order chi connectivity index (χ1) is 9.19. The van der Waals surface area contributed by atoms with E-state index in [1.54, 1.807) is 6.20 Å². The number of hydrazine groups is 1. The summed E-state index contributed by atoms with van der Waals surface area (Å²) in [6.07, 6.45) is 5.42. The van der Waals surface area contributed by atoms with Gasteiger partial charge in [-0.15, -0.1) is 0 Å². The van der Waals surface area contributed by atoms with Crippen LogP contribution in [-0.2, 0) is 26.4 Å². The molecule has 1 atom stereocenters. The van der Waals surface area contributed by atoms with Crippen molar-refractivity contribution in [3.05, 3.63) is 35.7 Å². The van der Waals surface area contributed by atoms with Crippen molar-refractivity contribution < 1.29 is 0 Å². The molecule has 2 heterocycles. The largest absolute Gasteiger partial charge is 0.338 e. The van der Waals surface area contributed by atoms with E-state index >= 15 is 0 Å². The molecule has 2 rings (SSSR count). The molecule has 1 unspecified atom stereocenters. The summed E-state index contributed by atoms with van der Waals surface area (Å²) < 4.78 is 4.02. The molecule has 0 spiro atoms. The Morgan fingerprint density at radius 2 is 2.21 bits per heavy atom. The summed E-state index contributed by atoms with van der Waals surface area (Å²) in [6.45, 7) is 5.04. The second-order valence-corrected chi connectivity index (χ2v) is 4.61. The van der Waals surface area contributed by atoms with Gasteiger partial charge in [-0.3, -0.25) is 16.0 Å². The highest BCUT2D eigenvalue weighted by Crippen LogP contribution is 2.18. The molecule has 0 saturated heterocycles. The van der Waals surface area contributed by atoms with Crippen molar-refractivity contribution in [1.29, 1.82) is 0 Å². The maximum atomic E-state index is 5.72. The molecule has 3 N–H and O–H groups in total. The van der Waals surface area contributed by atoms with Crippen molar-refractivity contribution in [3.8, 4) is 0 Å². The molecule has 6 nitrogen and oxygen atoms in total. The minimum absolute atomic E-state index is 0.0221. The van der Waals surface area contributed by atoms with Crippen LogP contribution in [0.1, 0.15) is 37.1 Å². The molecule has 0 aliphatic rings. The lowest BCUT2D eigenvalue weighted by Gasteiger charge is -2.16. The standard InChI is InChI=1S/C13H22N6/c1-4-10-8-12(19(5-2)17-10)11(16-14)9-13-15-6-7-18(13)3/h6-8,11,16H,4-5,9,14H2,1-3H3. The highest BCUT2D eigenvalue weighted by Gasteiger charge is 2.18. The molecule has 104 valence electrons. The van der Waals surface area contributed by atoms with Crippen LogP contribution < -0.4 is 11.3 Å². The average Bonchev–Trinajstić information content (AvgIpc) is 3.02. The van der Waals surface area contributed by atoms with E-state index in [0.717, 1.165) is 36.6 Å². The van der Waals surface area contributed by atoms with Gasteiger partial charge in [0.25, 0.3) is 0 Å². The lowest BCUT2D eigenvalue weighted by molar-refractivity contribution is 0.477. The third-order valence-corrected chi connectivity index (χ3v) is 3.39. The first-order valence-electron chi connectivity index (χ1n) is 6.68. The summed E-state index contributed by atoms with van der Waals surface area (Å²) in [5.41, 5.74) is 5.09. The number of nitrogens with two attached hydrogens (primary N) is 1. The summed E-state index contributed by atoms with van der Waals surface area (Å²) in [5.74, 6) is 6.72. The van der Waals surface area contributed by atoms with Gasteiger partial charge in [-0.05, 0) is 19.4 Å². The normalized spacial score (nSPS) is 12.8.